The normalized spacial score (nSPS) is 10.4. The van der Waals surface area contributed by atoms with Gasteiger partial charge in [-0.3, -0.25) is 4.79 Å². The largest absolute Gasteiger partial charge is 0.481 e. The van der Waals surface area contributed by atoms with Crippen molar-refractivity contribution in [3.63, 3.8) is 0 Å². The number of carboxylic acids is 1. The van der Waals surface area contributed by atoms with Crippen molar-refractivity contribution in [1.29, 1.82) is 0 Å². The molecule has 3 nitrogen and oxygen atoms in total. The van der Waals surface area contributed by atoms with Crippen molar-refractivity contribution in [3.8, 4) is 0 Å². The Morgan fingerprint density at radius 1 is 1.53 bits per heavy atom. The molecule has 0 atom stereocenters. The van der Waals surface area contributed by atoms with E-state index in [4.69, 9.17) is 5.11 Å². The third-order valence-corrected chi connectivity index (χ3v) is 1.83. The second-order valence-corrected chi connectivity index (χ2v) is 3.68. The highest BCUT2D eigenvalue weighted by Crippen LogP contribution is 2.16. The Morgan fingerprint density at radius 3 is 2.67 bits per heavy atom. The summed E-state index contributed by atoms with van der Waals surface area (Å²) in [4.78, 5) is 10.4. The van der Waals surface area contributed by atoms with E-state index in [0.717, 1.165) is 0 Å². The number of nitrogens with one attached hydrogen (secondary N) is 1. The van der Waals surface area contributed by atoms with E-state index in [-0.39, 0.29) is 12.5 Å². The van der Waals surface area contributed by atoms with E-state index in [1.807, 2.05) is 13.8 Å². The smallest absolute Gasteiger partial charge is 0.307 e. The van der Waals surface area contributed by atoms with Gasteiger partial charge in [0.05, 0.1) is 12.1 Å². The molecule has 0 aromatic heterocycles. The van der Waals surface area contributed by atoms with Crippen LogP contribution in [-0.2, 0) is 11.2 Å². The van der Waals surface area contributed by atoms with Crippen molar-refractivity contribution in [1.82, 2.24) is 0 Å². The fourth-order valence-electron chi connectivity index (χ4n) is 1.27. The molecule has 0 radical (unpaired) electrons. The monoisotopic (exact) mass is 211 g/mol. The van der Waals surface area contributed by atoms with Gasteiger partial charge in [0, 0.05) is 6.04 Å². The van der Waals surface area contributed by atoms with E-state index < -0.39 is 11.8 Å². The molecule has 0 aliphatic rings. The van der Waals surface area contributed by atoms with E-state index in [1.165, 1.54) is 6.07 Å². The first kappa shape index (κ1) is 11.5. The van der Waals surface area contributed by atoms with Crippen LogP contribution >= 0.6 is 0 Å². The van der Waals surface area contributed by atoms with E-state index in [1.54, 1.807) is 12.1 Å². The third kappa shape index (κ3) is 3.58. The Bertz CT molecular complexity index is 364. The van der Waals surface area contributed by atoms with Crippen LogP contribution in [0.15, 0.2) is 18.2 Å². The summed E-state index contributed by atoms with van der Waals surface area (Å²) in [5.74, 6) is -1.37. The number of carboxylic acid groups (broad SMARTS) is 1. The molecule has 1 aromatic rings. The van der Waals surface area contributed by atoms with Gasteiger partial charge in [-0.15, -0.1) is 0 Å². The van der Waals surface area contributed by atoms with Crippen molar-refractivity contribution < 1.29 is 14.3 Å². The number of hydrogen-bond donors (Lipinski definition) is 2. The molecule has 0 heterocycles. The number of benzene rings is 1. The lowest BCUT2D eigenvalue weighted by Crippen LogP contribution is -2.11. The highest BCUT2D eigenvalue weighted by Gasteiger charge is 2.06. The number of rotatable bonds is 4. The zero-order valence-electron chi connectivity index (χ0n) is 8.75. The van der Waals surface area contributed by atoms with E-state index >= 15 is 0 Å². The minimum atomic E-state index is -0.959. The average Bonchev–Trinajstić information content (AvgIpc) is 2.08. The molecule has 15 heavy (non-hydrogen) atoms. The number of aliphatic carboxylic acids is 1. The Hall–Kier alpha value is -1.58. The molecule has 1 rings (SSSR count). The Kier molecular flexibility index (Phi) is 3.66. The van der Waals surface area contributed by atoms with Crippen LogP contribution in [0, 0.1) is 5.82 Å². The molecule has 2 N–H and O–H groups in total. The molecule has 0 fully saturated rings. The molecule has 0 aliphatic heterocycles. The summed E-state index contributed by atoms with van der Waals surface area (Å²) in [6, 6.07) is 4.57. The number of halogens is 1. The van der Waals surface area contributed by atoms with E-state index in [9.17, 15) is 9.18 Å². The standard InChI is InChI=1S/C11H14FNO2/c1-7(2)13-10-4-3-8(5-9(10)12)6-11(14)15/h3-5,7,13H,6H2,1-2H3,(H,14,15). The van der Waals surface area contributed by atoms with Crippen LogP contribution in [0.4, 0.5) is 10.1 Å². The van der Waals surface area contributed by atoms with E-state index in [0.29, 0.717) is 11.3 Å². The fraction of sp³-hybridized carbons (Fsp3) is 0.364. The quantitative estimate of drug-likeness (QED) is 0.803. The molecule has 0 spiro atoms. The molecule has 0 saturated heterocycles. The predicted octanol–water partition coefficient (Wildman–Crippen LogP) is 2.27. The molecule has 82 valence electrons. The van der Waals surface area contributed by atoms with Crippen LogP contribution in [-0.4, -0.2) is 17.1 Å². The maximum atomic E-state index is 13.4. The first-order valence-corrected chi connectivity index (χ1v) is 4.76. The molecule has 0 aliphatic carbocycles. The van der Waals surface area contributed by atoms with Gasteiger partial charge in [0.15, 0.2) is 0 Å². The minimum absolute atomic E-state index is 0.143. The molecular weight excluding hydrogens is 197 g/mol. The summed E-state index contributed by atoms with van der Waals surface area (Å²) in [6.07, 6.45) is -0.154. The van der Waals surface area contributed by atoms with Gasteiger partial charge in [0.1, 0.15) is 5.82 Å². The Morgan fingerprint density at radius 2 is 2.20 bits per heavy atom. The second-order valence-electron chi connectivity index (χ2n) is 3.68. The molecule has 4 heteroatoms. The molecule has 0 bridgehead atoms. The number of anilines is 1. The summed E-state index contributed by atoms with van der Waals surface area (Å²) in [5, 5.41) is 11.5. The first-order chi connectivity index (χ1) is 6.99. The van der Waals surface area contributed by atoms with Gasteiger partial charge in [0.25, 0.3) is 0 Å². The molecule has 0 amide bonds. The zero-order valence-corrected chi connectivity index (χ0v) is 8.75. The first-order valence-electron chi connectivity index (χ1n) is 4.76. The van der Waals surface area contributed by atoms with E-state index in [2.05, 4.69) is 5.32 Å². The van der Waals surface area contributed by atoms with Gasteiger partial charge in [-0.05, 0) is 31.5 Å². The van der Waals surface area contributed by atoms with Crippen molar-refractivity contribution in [2.24, 2.45) is 0 Å². The second kappa shape index (κ2) is 4.77. The third-order valence-electron chi connectivity index (χ3n) is 1.83. The van der Waals surface area contributed by atoms with Crippen LogP contribution in [0.2, 0.25) is 0 Å². The van der Waals surface area contributed by atoms with Crippen LogP contribution in [0.25, 0.3) is 0 Å². The van der Waals surface area contributed by atoms with Crippen LogP contribution < -0.4 is 5.32 Å². The lowest BCUT2D eigenvalue weighted by atomic mass is 10.1. The lowest BCUT2D eigenvalue weighted by Gasteiger charge is -2.11. The summed E-state index contributed by atoms with van der Waals surface area (Å²) < 4.78 is 13.4. The maximum Gasteiger partial charge on any atom is 0.307 e. The molecule has 0 saturated carbocycles. The van der Waals surface area contributed by atoms with Crippen LogP contribution in [0.1, 0.15) is 19.4 Å². The fourth-order valence-corrected chi connectivity index (χ4v) is 1.27. The van der Waals surface area contributed by atoms with Crippen molar-refractivity contribution in [2.45, 2.75) is 26.3 Å². The SMILES string of the molecule is CC(C)Nc1ccc(CC(=O)O)cc1F. The van der Waals surface area contributed by atoms with Gasteiger partial charge in [-0.1, -0.05) is 6.07 Å². The van der Waals surface area contributed by atoms with Crippen molar-refractivity contribution in [3.05, 3.63) is 29.6 Å². The summed E-state index contributed by atoms with van der Waals surface area (Å²) >= 11 is 0. The zero-order chi connectivity index (χ0) is 11.4. The number of hydrogen-bond acceptors (Lipinski definition) is 2. The summed E-state index contributed by atoms with van der Waals surface area (Å²) in [7, 11) is 0. The molecular formula is C11H14FNO2. The highest BCUT2D eigenvalue weighted by molar-refractivity contribution is 5.70. The average molecular weight is 211 g/mol. The van der Waals surface area contributed by atoms with Gasteiger partial charge in [-0.25, -0.2) is 4.39 Å². The van der Waals surface area contributed by atoms with Gasteiger partial charge >= 0.3 is 5.97 Å². The molecule has 0 unspecified atom stereocenters. The summed E-state index contributed by atoms with van der Waals surface area (Å²) in [5.41, 5.74) is 0.869. The van der Waals surface area contributed by atoms with Crippen LogP contribution in [0.3, 0.4) is 0 Å². The van der Waals surface area contributed by atoms with Crippen molar-refractivity contribution >= 4 is 11.7 Å². The Balaban J connectivity index is 2.83. The maximum absolute atomic E-state index is 13.4. The van der Waals surface area contributed by atoms with Crippen molar-refractivity contribution in [2.75, 3.05) is 5.32 Å². The van der Waals surface area contributed by atoms with Gasteiger partial charge in [-0.2, -0.15) is 0 Å². The minimum Gasteiger partial charge on any atom is -0.481 e. The topological polar surface area (TPSA) is 49.3 Å². The molecule has 1 aromatic carbocycles. The lowest BCUT2D eigenvalue weighted by molar-refractivity contribution is -0.136. The van der Waals surface area contributed by atoms with Crippen LogP contribution in [0.5, 0.6) is 0 Å². The Labute approximate surface area is 87.9 Å². The predicted molar refractivity (Wildman–Crippen MR) is 56.5 cm³/mol. The number of carbonyl (C=O) groups is 1. The van der Waals surface area contributed by atoms with Gasteiger partial charge < -0.3 is 10.4 Å². The summed E-state index contributed by atoms with van der Waals surface area (Å²) in [6.45, 7) is 3.81. The van der Waals surface area contributed by atoms with Gasteiger partial charge in [0.2, 0.25) is 0 Å². The highest BCUT2D eigenvalue weighted by atomic mass is 19.1.